The summed E-state index contributed by atoms with van der Waals surface area (Å²) in [5.74, 6) is -1.25. The average molecular weight is 310 g/mol. The molecular weight excluding hydrogens is 297 g/mol. The van der Waals surface area contributed by atoms with Crippen LogP contribution in [0, 0.1) is 5.82 Å². The van der Waals surface area contributed by atoms with E-state index in [2.05, 4.69) is 0 Å². The average Bonchev–Trinajstić information content (AvgIpc) is 3.26. The van der Waals surface area contributed by atoms with Gasteiger partial charge in [0, 0.05) is 17.6 Å². The Morgan fingerprint density at radius 3 is 2.81 bits per heavy atom. The number of hydrogen-bond acceptors (Lipinski definition) is 3. The fourth-order valence-electron chi connectivity index (χ4n) is 2.35. The number of benzene rings is 1. The zero-order valence-corrected chi connectivity index (χ0v) is 12.1. The molecule has 0 spiro atoms. The van der Waals surface area contributed by atoms with Gasteiger partial charge in [0.25, 0.3) is 0 Å². The van der Waals surface area contributed by atoms with Crippen molar-refractivity contribution < 1.29 is 13.9 Å². The first-order valence-electron chi connectivity index (χ1n) is 6.74. The van der Waals surface area contributed by atoms with E-state index in [1.54, 1.807) is 11.5 Å². The Hall–Kier alpha value is -1.88. The summed E-state index contributed by atoms with van der Waals surface area (Å²) in [6, 6.07) is 2.70. The molecule has 21 heavy (non-hydrogen) atoms. The van der Waals surface area contributed by atoms with Gasteiger partial charge in [0.15, 0.2) is 0 Å². The molecule has 1 saturated carbocycles. The molecule has 1 aromatic heterocycles. The molecular formula is C15H13ClFNO3. The molecule has 3 rings (SSSR count). The van der Waals surface area contributed by atoms with Gasteiger partial charge in [-0.25, -0.2) is 9.18 Å². The van der Waals surface area contributed by atoms with Crippen LogP contribution in [0.4, 0.5) is 4.39 Å². The Morgan fingerprint density at radius 1 is 1.48 bits per heavy atom. The number of pyridine rings is 1. The van der Waals surface area contributed by atoms with Crippen LogP contribution in [0.25, 0.3) is 10.9 Å². The molecule has 1 aromatic carbocycles. The van der Waals surface area contributed by atoms with E-state index in [0.29, 0.717) is 5.52 Å². The zero-order valence-electron chi connectivity index (χ0n) is 11.4. The normalized spacial score (nSPS) is 14.4. The maximum atomic E-state index is 13.7. The molecule has 1 fully saturated rings. The van der Waals surface area contributed by atoms with E-state index in [1.165, 1.54) is 18.3 Å². The molecule has 110 valence electrons. The molecule has 6 heteroatoms. The highest BCUT2D eigenvalue weighted by Gasteiger charge is 2.27. The van der Waals surface area contributed by atoms with Crippen molar-refractivity contribution in [2.45, 2.75) is 25.8 Å². The van der Waals surface area contributed by atoms with Crippen molar-refractivity contribution in [1.29, 1.82) is 0 Å². The summed E-state index contributed by atoms with van der Waals surface area (Å²) in [4.78, 5) is 24.3. The van der Waals surface area contributed by atoms with Gasteiger partial charge < -0.3 is 9.30 Å². The van der Waals surface area contributed by atoms with E-state index in [0.717, 1.165) is 12.8 Å². The Kier molecular flexibility index (Phi) is 3.45. The molecule has 0 atom stereocenters. The highest BCUT2D eigenvalue weighted by Crippen LogP contribution is 2.37. The maximum Gasteiger partial charge on any atom is 0.343 e. The third-order valence-corrected chi connectivity index (χ3v) is 3.80. The highest BCUT2D eigenvalue weighted by molar-refractivity contribution is 6.31. The van der Waals surface area contributed by atoms with Crippen molar-refractivity contribution in [3.8, 4) is 0 Å². The minimum Gasteiger partial charge on any atom is -0.462 e. The predicted molar refractivity (Wildman–Crippen MR) is 77.4 cm³/mol. The Morgan fingerprint density at radius 2 is 2.19 bits per heavy atom. The van der Waals surface area contributed by atoms with Gasteiger partial charge in [-0.15, -0.1) is 0 Å². The van der Waals surface area contributed by atoms with Gasteiger partial charge in [0.2, 0.25) is 5.43 Å². The van der Waals surface area contributed by atoms with Crippen LogP contribution in [0.1, 0.15) is 36.2 Å². The van der Waals surface area contributed by atoms with Gasteiger partial charge >= 0.3 is 5.97 Å². The lowest BCUT2D eigenvalue weighted by Gasteiger charge is -2.12. The molecule has 1 aliphatic rings. The largest absolute Gasteiger partial charge is 0.462 e. The molecule has 2 aromatic rings. The molecule has 1 heterocycles. The number of fused-ring (bicyclic) bond motifs is 1. The number of esters is 1. The lowest BCUT2D eigenvalue weighted by molar-refractivity contribution is 0.0524. The summed E-state index contributed by atoms with van der Waals surface area (Å²) in [5, 5.41) is 0.0989. The van der Waals surface area contributed by atoms with Crippen molar-refractivity contribution in [3.63, 3.8) is 0 Å². The first kappa shape index (κ1) is 14.1. The first-order valence-corrected chi connectivity index (χ1v) is 7.11. The SMILES string of the molecule is CCOC(=O)c1cn(C2CC2)c2cc(F)c(Cl)cc2c1=O. The van der Waals surface area contributed by atoms with Crippen molar-refractivity contribution in [1.82, 2.24) is 4.57 Å². The van der Waals surface area contributed by atoms with E-state index in [1.807, 2.05) is 0 Å². The van der Waals surface area contributed by atoms with Gasteiger partial charge in [-0.2, -0.15) is 0 Å². The number of carbonyl (C=O) groups is 1. The summed E-state index contributed by atoms with van der Waals surface area (Å²) in [7, 11) is 0. The second kappa shape index (κ2) is 5.15. The van der Waals surface area contributed by atoms with Gasteiger partial charge in [-0.1, -0.05) is 11.6 Å². The summed E-state index contributed by atoms with van der Waals surface area (Å²) in [6.45, 7) is 1.86. The van der Waals surface area contributed by atoms with Crippen molar-refractivity contribution in [3.05, 3.63) is 45.0 Å². The molecule has 0 N–H and O–H groups in total. The van der Waals surface area contributed by atoms with Crippen LogP contribution in [-0.2, 0) is 4.74 Å². The fraction of sp³-hybridized carbons (Fsp3) is 0.333. The standard InChI is InChI=1S/C15H13ClFNO3/c1-2-21-15(20)10-7-18(8-3-4-8)13-6-12(17)11(16)5-9(13)14(10)19/h5-8H,2-4H2,1H3. The van der Waals surface area contributed by atoms with Gasteiger partial charge in [0.05, 0.1) is 17.1 Å². The first-order chi connectivity index (χ1) is 10.0. The monoisotopic (exact) mass is 309 g/mol. The second-order valence-corrected chi connectivity index (χ2v) is 5.42. The molecule has 0 saturated heterocycles. The quantitative estimate of drug-likeness (QED) is 0.817. The molecule has 0 amide bonds. The molecule has 0 aliphatic heterocycles. The molecule has 4 nitrogen and oxygen atoms in total. The molecule has 0 bridgehead atoms. The van der Waals surface area contributed by atoms with E-state index < -0.39 is 17.2 Å². The van der Waals surface area contributed by atoms with Crippen LogP contribution < -0.4 is 5.43 Å². The number of halogens is 2. The minimum absolute atomic E-state index is 0.0427. The summed E-state index contributed by atoms with van der Waals surface area (Å²) in [6.07, 6.45) is 3.34. The third-order valence-electron chi connectivity index (χ3n) is 3.51. The summed E-state index contributed by atoms with van der Waals surface area (Å²) in [5.41, 5.74) is -0.0707. The number of carbonyl (C=O) groups excluding carboxylic acids is 1. The zero-order chi connectivity index (χ0) is 15.1. The van der Waals surface area contributed by atoms with Gasteiger partial charge in [-0.05, 0) is 31.9 Å². The van der Waals surface area contributed by atoms with Gasteiger partial charge in [-0.3, -0.25) is 4.79 Å². The summed E-state index contributed by atoms with van der Waals surface area (Å²) >= 11 is 5.76. The highest BCUT2D eigenvalue weighted by atomic mass is 35.5. The van der Waals surface area contributed by atoms with Crippen molar-refractivity contribution >= 4 is 28.5 Å². The molecule has 1 aliphatic carbocycles. The lowest BCUT2D eigenvalue weighted by atomic mass is 10.1. The Balaban J connectivity index is 2.31. The van der Waals surface area contributed by atoms with E-state index in [-0.39, 0.29) is 28.6 Å². The number of rotatable bonds is 3. The molecule has 0 radical (unpaired) electrons. The second-order valence-electron chi connectivity index (χ2n) is 5.01. The van der Waals surface area contributed by atoms with E-state index in [9.17, 15) is 14.0 Å². The van der Waals surface area contributed by atoms with Crippen LogP contribution in [0.15, 0.2) is 23.1 Å². The van der Waals surface area contributed by atoms with Crippen LogP contribution in [0.3, 0.4) is 0 Å². The van der Waals surface area contributed by atoms with Crippen LogP contribution in [0.5, 0.6) is 0 Å². The van der Waals surface area contributed by atoms with Crippen LogP contribution >= 0.6 is 11.6 Å². The van der Waals surface area contributed by atoms with Crippen molar-refractivity contribution in [2.75, 3.05) is 6.61 Å². The van der Waals surface area contributed by atoms with E-state index >= 15 is 0 Å². The number of aromatic nitrogens is 1. The van der Waals surface area contributed by atoms with Crippen LogP contribution in [0.2, 0.25) is 5.02 Å². The number of nitrogens with zero attached hydrogens (tertiary/aromatic N) is 1. The lowest BCUT2D eigenvalue weighted by Crippen LogP contribution is -2.21. The summed E-state index contributed by atoms with van der Waals surface area (Å²) < 4.78 is 20.4. The Bertz CT molecular complexity index is 796. The minimum atomic E-state index is -0.667. The number of ether oxygens (including phenoxy) is 1. The topological polar surface area (TPSA) is 48.3 Å². The third kappa shape index (κ3) is 2.42. The fourth-order valence-corrected chi connectivity index (χ4v) is 2.52. The van der Waals surface area contributed by atoms with Crippen LogP contribution in [-0.4, -0.2) is 17.1 Å². The smallest absolute Gasteiger partial charge is 0.343 e. The van der Waals surface area contributed by atoms with E-state index in [4.69, 9.17) is 16.3 Å². The number of hydrogen-bond donors (Lipinski definition) is 0. The van der Waals surface area contributed by atoms with Crippen molar-refractivity contribution in [2.24, 2.45) is 0 Å². The molecule has 0 unspecified atom stereocenters. The predicted octanol–water partition coefficient (Wildman–Crippen LogP) is 3.31. The Labute approximate surface area is 125 Å². The maximum absolute atomic E-state index is 13.7. The van der Waals surface area contributed by atoms with Gasteiger partial charge in [0.1, 0.15) is 11.4 Å².